The zero-order valence-corrected chi connectivity index (χ0v) is 13.0. The second-order valence-electron chi connectivity index (χ2n) is 4.52. The van der Waals surface area contributed by atoms with Crippen molar-refractivity contribution in [1.29, 1.82) is 0 Å². The Morgan fingerprint density at radius 3 is 2.61 bits per heavy atom. The summed E-state index contributed by atoms with van der Waals surface area (Å²) in [7, 11) is 0. The number of benzene rings is 1. The molecule has 0 atom stereocenters. The Labute approximate surface area is 123 Å². The minimum absolute atomic E-state index is 0.0746. The van der Waals surface area contributed by atoms with Crippen LogP contribution in [0.15, 0.2) is 22.7 Å². The lowest BCUT2D eigenvalue weighted by molar-refractivity contribution is 0.0698. The third kappa shape index (κ3) is 3.12. The fourth-order valence-corrected chi connectivity index (χ4v) is 3.00. The monoisotopic (exact) mass is 377 g/mol. The lowest BCUT2D eigenvalue weighted by Gasteiger charge is -2.31. The third-order valence-electron chi connectivity index (χ3n) is 3.29. The maximum absolute atomic E-state index is 13.4. The molecular weight excluding hydrogens is 365 g/mol. The number of nitrogens with zero attached hydrogens (tertiary/aromatic N) is 1. The van der Waals surface area contributed by atoms with Gasteiger partial charge in [0.2, 0.25) is 0 Å². The summed E-state index contributed by atoms with van der Waals surface area (Å²) in [5.41, 5.74) is 0.424. The quantitative estimate of drug-likeness (QED) is 0.716. The van der Waals surface area contributed by atoms with Gasteiger partial charge in [-0.1, -0.05) is 15.9 Å². The Balaban J connectivity index is 2.05. The summed E-state index contributed by atoms with van der Waals surface area (Å²) in [6.45, 7) is 1.51. The van der Waals surface area contributed by atoms with E-state index in [9.17, 15) is 9.18 Å². The second-order valence-corrected chi connectivity index (χ2v) is 6.02. The first-order valence-corrected chi connectivity index (χ1v) is 7.83. The molecule has 2 nitrogen and oxygen atoms in total. The van der Waals surface area contributed by atoms with Crippen LogP contribution in [0.2, 0.25) is 0 Å². The number of carbonyl (C=O) groups is 1. The molecule has 0 spiro atoms. The number of piperidine rings is 1. The van der Waals surface area contributed by atoms with Crippen molar-refractivity contribution in [3.63, 3.8) is 0 Å². The summed E-state index contributed by atoms with van der Waals surface area (Å²) >= 11 is 6.56. The van der Waals surface area contributed by atoms with Gasteiger partial charge in [0.05, 0.1) is 4.47 Å². The first-order valence-electron chi connectivity index (χ1n) is 5.92. The third-order valence-corrected chi connectivity index (χ3v) is 4.85. The van der Waals surface area contributed by atoms with Crippen molar-refractivity contribution in [2.45, 2.75) is 12.8 Å². The molecule has 0 bridgehead atoms. The van der Waals surface area contributed by atoms with Crippen molar-refractivity contribution in [1.82, 2.24) is 4.90 Å². The predicted molar refractivity (Wildman–Crippen MR) is 76.5 cm³/mol. The largest absolute Gasteiger partial charge is 0.339 e. The minimum Gasteiger partial charge on any atom is -0.339 e. The van der Waals surface area contributed by atoms with Gasteiger partial charge in [-0.25, -0.2) is 4.39 Å². The first kappa shape index (κ1) is 14.0. The van der Waals surface area contributed by atoms with E-state index >= 15 is 0 Å². The van der Waals surface area contributed by atoms with Crippen molar-refractivity contribution in [3.8, 4) is 0 Å². The molecule has 1 fully saturated rings. The van der Waals surface area contributed by atoms with E-state index in [1.54, 1.807) is 12.1 Å². The van der Waals surface area contributed by atoms with Crippen LogP contribution in [0.4, 0.5) is 4.39 Å². The summed E-state index contributed by atoms with van der Waals surface area (Å²) in [4.78, 5) is 14.0. The predicted octanol–water partition coefficient (Wildman–Crippen LogP) is 3.84. The van der Waals surface area contributed by atoms with Crippen molar-refractivity contribution in [3.05, 3.63) is 34.1 Å². The molecule has 1 aliphatic heterocycles. The normalized spacial score (nSPS) is 16.9. The van der Waals surface area contributed by atoms with Gasteiger partial charge in [-0.05, 0) is 52.9 Å². The van der Waals surface area contributed by atoms with E-state index < -0.39 is 5.82 Å². The van der Waals surface area contributed by atoms with Crippen LogP contribution in [0.3, 0.4) is 0 Å². The Bertz CT molecular complexity index is 445. The van der Waals surface area contributed by atoms with Gasteiger partial charge in [-0.15, -0.1) is 0 Å². The fraction of sp³-hybridized carbons (Fsp3) is 0.462. The van der Waals surface area contributed by atoms with E-state index in [2.05, 4.69) is 31.9 Å². The Hall–Kier alpha value is -0.420. The van der Waals surface area contributed by atoms with Crippen molar-refractivity contribution in [2.75, 3.05) is 18.4 Å². The molecular formula is C13H14Br2FNO. The van der Waals surface area contributed by atoms with Gasteiger partial charge in [0.1, 0.15) is 5.82 Å². The highest BCUT2D eigenvalue weighted by molar-refractivity contribution is 9.10. The minimum atomic E-state index is -0.392. The number of amides is 1. The van der Waals surface area contributed by atoms with E-state index in [1.807, 2.05) is 4.90 Å². The average Bonchev–Trinajstić information content (AvgIpc) is 2.41. The van der Waals surface area contributed by atoms with Gasteiger partial charge in [-0.3, -0.25) is 4.79 Å². The molecule has 5 heteroatoms. The summed E-state index contributed by atoms with van der Waals surface area (Å²) in [6, 6.07) is 4.53. The van der Waals surface area contributed by atoms with Crippen LogP contribution in [-0.2, 0) is 0 Å². The molecule has 18 heavy (non-hydrogen) atoms. The summed E-state index contributed by atoms with van der Waals surface area (Å²) < 4.78 is 13.8. The lowest BCUT2D eigenvalue weighted by atomic mass is 9.98. The highest BCUT2D eigenvalue weighted by Gasteiger charge is 2.23. The van der Waals surface area contributed by atoms with Gasteiger partial charge in [0.25, 0.3) is 5.91 Å². The van der Waals surface area contributed by atoms with Crippen LogP contribution < -0.4 is 0 Å². The molecule has 2 rings (SSSR count). The van der Waals surface area contributed by atoms with Crippen LogP contribution in [-0.4, -0.2) is 29.2 Å². The highest BCUT2D eigenvalue weighted by Crippen LogP contribution is 2.22. The van der Waals surface area contributed by atoms with Gasteiger partial charge in [-0.2, -0.15) is 0 Å². The SMILES string of the molecule is O=C(c1ccc(Br)c(F)c1)N1CCC(CBr)CC1. The van der Waals surface area contributed by atoms with E-state index in [4.69, 9.17) is 0 Å². The maximum Gasteiger partial charge on any atom is 0.253 e. The van der Waals surface area contributed by atoms with Gasteiger partial charge in [0.15, 0.2) is 0 Å². The van der Waals surface area contributed by atoms with Crippen LogP contribution in [0.25, 0.3) is 0 Å². The van der Waals surface area contributed by atoms with Crippen molar-refractivity contribution < 1.29 is 9.18 Å². The molecule has 0 unspecified atom stereocenters. The molecule has 0 aromatic heterocycles. The molecule has 1 amide bonds. The molecule has 0 saturated carbocycles. The number of carbonyl (C=O) groups excluding carboxylic acids is 1. The summed E-state index contributed by atoms with van der Waals surface area (Å²) in [6.07, 6.45) is 2.02. The topological polar surface area (TPSA) is 20.3 Å². The van der Waals surface area contributed by atoms with Crippen LogP contribution in [0.5, 0.6) is 0 Å². The summed E-state index contributed by atoms with van der Waals surface area (Å²) in [5.74, 6) is 0.182. The standard InChI is InChI=1S/C13H14Br2FNO/c14-8-9-3-5-17(6-4-9)13(18)10-1-2-11(15)12(16)7-10/h1-2,7,9H,3-6,8H2. The number of hydrogen-bond acceptors (Lipinski definition) is 1. The van der Waals surface area contributed by atoms with Crippen LogP contribution in [0.1, 0.15) is 23.2 Å². The Kier molecular flexibility index (Phi) is 4.78. The molecule has 1 saturated heterocycles. The fourth-order valence-electron chi connectivity index (χ4n) is 2.10. The zero-order valence-electron chi connectivity index (χ0n) is 9.83. The molecule has 0 radical (unpaired) electrons. The number of likely N-dealkylation sites (tertiary alicyclic amines) is 1. The maximum atomic E-state index is 13.4. The number of rotatable bonds is 2. The lowest BCUT2D eigenvalue weighted by Crippen LogP contribution is -2.38. The van der Waals surface area contributed by atoms with E-state index in [0.717, 1.165) is 31.3 Å². The molecule has 1 aromatic carbocycles. The second kappa shape index (κ2) is 6.15. The molecule has 0 N–H and O–H groups in total. The smallest absolute Gasteiger partial charge is 0.253 e. The molecule has 0 aliphatic carbocycles. The number of alkyl halides is 1. The van der Waals surface area contributed by atoms with E-state index in [0.29, 0.717) is 16.0 Å². The highest BCUT2D eigenvalue weighted by atomic mass is 79.9. The summed E-state index contributed by atoms with van der Waals surface area (Å²) in [5, 5.41) is 0.988. The average molecular weight is 379 g/mol. The van der Waals surface area contributed by atoms with E-state index in [1.165, 1.54) is 6.07 Å². The van der Waals surface area contributed by atoms with Crippen LogP contribution >= 0.6 is 31.9 Å². The van der Waals surface area contributed by atoms with Crippen molar-refractivity contribution >= 4 is 37.8 Å². The Morgan fingerprint density at radius 2 is 2.06 bits per heavy atom. The molecule has 1 aromatic rings. The number of halogens is 3. The van der Waals surface area contributed by atoms with E-state index in [-0.39, 0.29) is 5.91 Å². The molecule has 1 heterocycles. The molecule has 98 valence electrons. The van der Waals surface area contributed by atoms with Crippen molar-refractivity contribution in [2.24, 2.45) is 5.92 Å². The zero-order chi connectivity index (χ0) is 13.1. The van der Waals surface area contributed by atoms with Gasteiger partial charge < -0.3 is 4.90 Å². The first-order chi connectivity index (χ1) is 8.61. The van der Waals surface area contributed by atoms with Crippen LogP contribution in [0, 0.1) is 11.7 Å². The molecule has 1 aliphatic rings. The number of hydrogen-bond donors (Lipinski definition) is 0. The van der Waals surface area contributed by atoms with Gasteiger partial charge >= 0.3 is 0 Å². The van der Waals surface area contributed by atoms with Gasteiger partial charge in [0, 0.05) is 24.0 Å². The Morgan fingerprint density at radius 1 is 1.39 bits per heavy atom.